The normalized spacial score (nSPS) is 24.7. The SMILES string of the molecule is NCC1(C(=O)NCC2CCOCC2)CCCCC1. The molecule has 2 fully saturated rings. The molecule has 0 radical (unpaired) electrons. The molecule has 3 N–H and O–H groups in total. The summed E-state index contributed by atoms with van der Waals surface area (Å²) in [6, 6.07) is 0. The second-order valence-corrected chi connectivity index (χ2v) is 5.81. The molecule has 2 rings (SSSR count). The van der Waals surface area contributed by atoms with Crippen LogP contribution in [0.2, 0.25) is 0 Å². The molecule has 0 spiro atoms. The zero-order valence-corrected chi connectivity index (χ0v) is 11.2. The van der Waals surface area contributed by atoms with E-state index >= 15 is 0 Å². The fraction of sp³-hybridized carbons (Fsp3) is 0.929. The van der Waals surface area contributed by atoms with Crippen LogP contribution in [-0.2, 0) is 9.53 Å². The molecule has 1 amide bonds. The lowest BCUT2D eigenvalue weighted by molar-refractivity contribution is -0.132. The van der Waals surface area contributed by atoms with E-state index in [2.05, 4.69) is 5.32 Å². The molecule has 2 aliphatic rings. The largest absolute Gasteiger partial charge is 0.381 e. The molecule has 0 unspecified atom stereocenters. The highest BCUT2D eigenvalue weighted by atomic mass is 16.5. The summed E-state index contributed by atoms with van der Waals surface area (Å²) in [6.45, 7) is 2.96. The molecule has 1 aliphatic carbocycles. The van der Waals surface area contributed by atoms with Crippen molar-refractivity contribution in [3.63, 3.8) is 0 Å². The predicted molar refractivity (Wildman–Crippen MR) is 71.1 cm³/mol. The summed E-state index contributed by atoms with van der Waals surface area (Å²) in [5.74, 6) is 0.775. The first-order valence-electron chi connectivity index (χ1n) is 7.33. The minimum atomic E-state index is -0.274. The summed E-state index contributed by atoms with van der Waals surface area (Å²) < 4.78 is 5.33. The summed E-state index contributed by atoms with van der Waals surface area (Å²) in [4.78, 5) is 12.4. The highest BCUT2D eigenvalue weighted by molar-refractivity contribution is 5.83. The molecule has 18 heavy (non-hydrogen) atoms. The maximum Gasteiger partial charge on any atom is 0.227 e. The van der Waals surface area contributed by atoms with E-state index in [9.17, 15) is 4.79 Å². The summed E-state index contributed by atoms with van der Waals surface area (Å²) >= 11 is 0. The van der Waals surface area contributed by atoms with Gasteiger partial charge in [-0.15, -0.1) is 0 Å². The molecule has 1 saturated carbocycles. The van der Waals surface area contributed by atoms with Gasteiger partial charge in [0.15, 0.2) is 0 Å². The van der Waals surface area contributed by atoms with E-state index in [1.165, 1.54) is 6.42 Å². The van der Waals surface area contributed by atoms with Crippen LogP contribution in [0.3, 0.4) is 0 Å². The van der Waals surface area contributed by atoms with Crippen LogP contribution < -0.4 is 11.1 Å². The molecule has 1 saturated heterocycles. The highest BCUT2D eigenvalue weighted by Crippen LogP contribution is 2.35. The third-order valence-electron chi connectivity index (χ3n) is 4.58. The van der Waals surface area contributed by atoms with Crippen molar-refractivity contribution >= 4 is 5.91 Å². The van der Waals surface area contributed by atoms with Gasteiger partial charge in [0.25, 0.3) is 0 Å². The van der Waals surface area contributed by atoms with Gasteiger partial charge in [-0.3, -0.25) is 4.79 Å². The van der Waals surface area contributed by atoms with Crippen molar-refractivity contribution in [2.45, 2.75) is 44.9 Å². The van der Waals surface area contributed by atoms with Crippen molar-refractivity contribution in [2.24, 2.45) is 17.1 Å². The van der Waals surface area contributed by atoms with Crippen molar-refractivity contribution in [1.29, 1.82) is 0 Å². The molecule has 0 aromatic rings. The lowest BCUT2D eigenvalue weighted by Gasteiger charge is -2.35. The van der Waals surface area contributed by atoms with Gasteiger partial charge in [-0.1, -0.05) is 19.3 Å². The predicted octanol–water partition coefficient (Wildman–Crippen LogP) is 1.44. The molecule has 0 bridgehead atoms. The topological polar surface area (TPSA) is 64.4 Å². The summed E-state index contributed by atoms with van der Waals surface area (Å²) in [5.41, 5.74) is 5.59. The van der Waals surface area contributed by atoms with Crippen LogP contribution in [0.5, 0.6) is 0 Å². The van der Waals surface area contributed by atoms with Gasteiger partial charge in [0.2, 0.25) is 5.91 Å². The van der Waals surface area contributed by atoms with Crippen LogP contribution in [0.4, 0.5) is 0 Å². The fourth-order valence-electron chi connectivity index (χ4n) is 3.13. The van der Waals surface area contributed by atoms with Crippen LogP contribution in [0, 0.1) is 11.3 Å². The number of carbonyl (C=O) groups is 1. The van der Waals surface area contributed by atoms with Gasteiger partial charge >= 0.3 is 0 Å². The Kier molecular flexibility index (Phi) is 5.01. The summed E-state index contributed by atoms with van der Waals surface area (Å²) in [7, 11) is 0. The first kappa shape index (κ1) is 13.8. The molecule has 1 heterocycles. The average molecular weight is 254 g/mol. The zero-order chi connectivity index (χ0) is 12.8. The van der Waals surface area contributed by atoms with E-state index in [4.69, 9.17) is 10.5 Å². The third-order valence-corrected chi connectivity index (χ3v) is 4.58. The molecule has 1 aliphatic heterocycles. The van der Waals surface area contributed by atoms with Gasteiger partial charge in [-0.05, 0) is 31.6 Å². The number of nitrogens with one attached hydrogen (secondary N) is 1. The minimum Gasteiger partial charge on any atom is -0.381 e. The van der Waals surface area contributed by atoms with Crippen LogP contribution in [0.1, 0.15) is 44.9 Å². The van der Waals surface area contributed by atoms with E-state index in [0.29, 0.717) is 12.5 Å². The maximum absolute atomic E-state index is 12.4. The van der Waals surface area contributed by atoms with Crippen LogP contribution >= 0.6 is 0 Å². The maximum atomic E-state index is 12.4. The van der Waals surface area contributed by atoms with Crippen molar-refractivity contribution in [3.8, 4) is 0 Å². The Bertz CT molecular complexity index is 269. The van der Waals surface area contributed by atoms with Crippen molar-refractivity contribution in [1.82, 2.24) is 5.32 Å². The molecule has 0 aromatic carbocycles. The number of ether oxygens (including phenoxy) is 1. The fourth-order valence-corrected chi connectivity index (χ4v) is 3.13. The number of hydrogen-bond donors (Lipinski definition) is 2. The first-order valence-corrected chi connectivity index (χ1v) is 7.33. The zero-order valence-electron chi connectivity index (χ0n) is 11.2. The van der Waals surface area contributed by atoms with E-state index < -0.39 is 0 Å². The van der Waals surface area contributed by atoms with Crippen molar-refractivity contribution in [2.75, 3.05) is 26.3 Å². The number of carbonyl (C=O) groups excluding carboxylic acids is 1. The molecular weight excluding hydrogens is 228 g/mol. The van der Waals surface area contributed by atoms with Gasteiger partial charge in [-0.2, -0.15) is 0 Å². The van der Waals surface area contributed by atoms with E-state index in [0.717, 1.165) is 58.3 Å². The van der Waals surface area contributed by atoms with Gasteiger partial charge in [0.05, 0.1) is 5.41 Å². The van der Waals surface area contributed by atoms with E-state index in [-0.39, 0.29) is 11.3 Å². The minimum absolute atomic E-state index is 0.191. The third kappa shape index (κ3) is 3.23. The lowest BCUT2D eigenvalue weighted by Crippen LogP contribution is -2.48. The quantitative estimate of drug-likeness (QED) is 0.798. The summed E-state index contributed by atoms with van der Waals surface area (Å²) in [5, 5.41) is 3.14. The van der Waals surface area contributed by atoms with Gasteiger partial charge < -0.3 is 15.8 Å². The number of rotatable bonds is 4. The molecule has 0 atom stereocenters. The first-order chi connectivity index (χ1) is 8.77. The monoisotopic (exact) mass is 254 g/mol. The lowest BCUT2D eigenvalue weighted by atomic mass is 9.73. The van der Waals surface area contributed by atoms with E-state index in [1.54, 1.807) is 0 Å². The molecule has 4 heteroatoms. The molecule has 0 aromatic heterocycles. The van der Waals surface area contributed by atoms with Crippen LogP contribution in [0.25, 0.3) is 0 Å². The highest BCUT2D eigenvalue weighted by Gasteiger charge is 2.38. The van der Waals surface area contributed by atoms with Gasteiger partial charge in [-0.25, -0.2) is 0 Å². The van der Waals surface area contributed by atoms with Crippen LogP contribution in [0.15, 0.2) is 0 Å². The summed E-state index contributed by atoms with van der Waals surface area (Å²) in [6.07, 6.45) is 7.58. The van der Waals surface area contributed by atoms with Crippen LogP contribution in [-0.4, -0.2) is 32.2 Å². The number of amides is 1. The molecule has 104 valence electrons. The standard InChI is InChI=1S/C14H26N2O2/c15-11-14(6-2-1-3-7-14)13(17)16-10-12-4-8-18-9-5-12/h12H,1-11,15H2,(H,16,17). The second kappa shape index (κ2) is 6.53. The van der Waals surface area contributed by atoms with Crippen molar-refractivity contribution < 1.29 is 9.53 Å². The number of nitrogens with two attached hydrogens (primary N) is 1. The Balaban J connectivity index is 1.81. The molecule has 4 nitrogen and oxygen atoms in total. The van der Waals surface area contributed by atoms with Crippen molar-refractivity contribution in [3.05, 3.63) is 0 Å². The Morgan fingerprint density at radius 1 is 1.22 bits per heavy atom. The number of hydrogen-bond acceptors (Lipinski definition) is 3. The van der Waals surface area contributed by atoms with E-state index in [1.807, 2.05) is 0 Å². The second-order valence-electron chi connectivity index (χ2n) is 5.81. The van der Waals surface area contributed by atoms with Gasteiger partial charge in [0.1, 0.15) is 0 Å². The Hall–Kier alpha value is -0.610. The smallest absolute Gasteiger partial charge is 0.227 e. The van der Waals surface area contributed by atoms with Gasteiger partial charge in [0, 0.05) is 26.3 Å². The molecular formula is C14H26N2O2. The Morgan fingerprint density at radius 2 is 1.89 bits per heavy atom. The Morgan fingerprint density at radius 3 is 2.50 bits per heavy atom. The Labute approximate surface area is 110 Å². The average Bonchev–Trinajstić information content (AvgIpc) is 2.46.